The van der Waals surface area contributed by atoms with Gasteiger partial charge < -0.3 is 20.1 Å². The van der Waals surface area contributed by atoms with E-state index in [1.807, 2.05) is 12.1 Å². The molecule has 1 aromatic carbocycles. The number of guanidine groups is 1. The van der Waals surface area contributed by atoms with Crippen LogP contribution in [-0.4, -0.2) is 39.9 Å². The van der Waals surface area contributed by atoms with E-state index >= 15 is 0 Å². The van der Waals surface area contributed by atoms with Gasteiger partial charge in [-0.15, -0.1) is 0 Å². The van der Waals surface area contributed by atoms with E-state index in [0.29, 0.717) is 5.92 Å². The number of nitrogens with zero attached hydrogens (tertiary/aromatic N) is 1. The maximum absolute atomic E-state index is 5.71. The normalized spacial score (nSPS) is 13.0. The van der Waals surface area contributed by atoms with Crippen molar-refractivity contribution in [1.82, 2.24) is 10.6 Å². The molecule has 130 valence electrons. The molecule has 1 aromatic rings. The Hall–Kier alpha value is -1.75. The molecule has 0 spiro atoms. The third kappa shape index (κ3) is 7.88. The third-order valence-corrected chi connectivity index (χ3v) is 3.36. The highest BCUT2D eigenvalue weighted by atomic mass is 16.5. The average molecular weight is 321 g/mol. The molecule has 0 radical (unpaired) electrons. The summed E-state index contributed by atoms with van der Waals surface area (Å²) in [5.74, 6) is 2.24. The molecule has 1 unspecified atom stereocenters. The first-order valence-electron chi connectivity index (χ1n) is 8.25. The Morgan fingerprint density at radius 2 is 1.87 bits per heavy atom. The van der Waals surface area contributed by atoms with Gasteiger partial charge in [0.05, 0.1) is 12.6 Å². The lowest BCUT2D eigenvalue weighted by Gasteiger charge is -2.18. The maximum Gasteiger partial charge on any atom is 0.191 e. The standard InChI is InChI=1S/C18H31N3O2/c1-14(2)13-23-17-9-7-16(8-10-17)15(3)21-18(19-4)20-11-6-12-22-5/h7-10,14-15H,6,11-13H2,1-5H3,(H2,19,20,21). The summed E-state index contributed by atoms with van der Waals surface area (Å²) in [5.41, 5.74) is 1.20. The quantitative estimate of drug-likeness (QED) is 0.417. The van der Waals surface area contributed by atoms with E-state index in [1.54, 1.807) is 14.2 Å². The zero-order valence-corrected chi connectivity index (χ0v) is 15.1. The summed E-state index contributed by atoms with van der Waals surface area (Å²) in [6.07, 6.45) is 0.952. The summed E-state index contributed by atoms with van der Waals surface area (Å²) in [6, 6.07) is 8.38. The fraction of sp³-hybridized carbons (Fsp3) is 0.611. The van der Waals surface area contributed by atoms with Crippen LogP contribution in [0.5, 0.6) is 5.75 Å². The van der Waals surface area contributed by atoms with Crippen molar-refractivity contribution in [3.63, 3.8) is 0 Å². The first-order valence-corrected chi connectivity index (χ1v) is 8.25. The van der Waals surface area contributed by atoms with Crippen LogP contribution in [0.1, 0.15) is 38.8 Å². The van der Waals surface area contributed by atoms with Gasteiger partial charge in [-0.1, -0.05) is 26.0 Å². The van der Waals surface area contributed by atoms with Crippen LogP contribution < -0.4 is 15.4 Å². The van der Waals surface area contributed by atoms with Gasteiger partial charge in [-0.3, -0.25) is 4.99 Å². The van der Waals surface area contributed by atoms with Crippen LogP contribution in [-0.2, 0) is 4.74 Å². The van der Waals surface area contributed by atoms with Gasteiger partial charge in [-0.05, 0) is 37.0 Å². The van der Waals surface area contributed by atoms with Gasteiger partial charge in [0, 0.05) is 27.3 Å². The lowest BCUT2D eigenvalue weighted by atomic mass is 10.1. The van der Waals surface area contributed by atoms with Crippen LogP contribution in [0.4, 0.5) is 0 Å². The van der Waals surface area contributed by atoms with Crippen molar-refractivity contribution in [2.45, 2.75) is 33.2 Å². The van der Waals surface area contributed by atoms with Crippen molar-refractivity contribution < 1.29 is 9.47 Å². The summed E-state index contributed by atoms with van der Waals surface area (Å²) < 4.78 is 10.8. The predicted molar refractivity (Wildman–Crippen MR) is 96.2 cm³/mol. The minimum atomic E-state index is 0.169. The lowest BCUT2D eigenvalue weighted by Crippen LogP contribution is -2.39. The minimum Gasteiger partial charge on any atom is -0.493 e. The molecule has 0 saturated carbocycles. The van der Waals surface area contributed by atoms with Crippen LogP contribution in [0, 0.1) is 5.92 Å². The van der Waals surface area contributed by atoms with E-state index in [0.717, 1.165) is 37.9 Å². The number of hydrogen-bond donors (Lipinski definition) is 2. The van der Waals surface area contributed by atoms with E-state index in [2.05, 4.69) is 48.5 Å². The molecular weight excluding hydrogens is 290 g/mol. The zero-order valence-electron chi connectivity index (χ0n) is 15.1. The van der Waals surface area contributed by atoms with Crippen molar-refractivity contribution >= 4 is 5.96 Å². The highest BCUT2D eigenvalue weighted by molar-refractivity contribution is 5.80. The molecule has 5 heteroatoms. The largest absolute Gasteiger partial charge is 0.493 e. The molecule has 0 bridgehead atoms. The molecule has 0 aliphatic heterocycles. The van der Waals surface area contributed by atoms with Gasteiger partial charge in [0.1, 0.15) is 5.75 Å². The van der Waals surface area contributed by atoms with Gasteiger partial charge in [0.25, 0.3) is 0 Å². The van der Waals surface area contributed by atoms with E-state index in [9.17, 15) is 0 Å². The highest BCUT2D eigenvalue weighted by Crippen LogP contribution is 2.18. The smallest absolute Gasteiger partial charge is 0.191 e. The summed E-state index contributed by atoms with van der Waals surface area (Å²) in [5, 5.41) is 6.67. The molecule has 2 N–H and O–H groups in total. The average Bonchev–Trinajstić information content (AvgIpc) is 2.56. The van der Waals surface area contributed by atoms with Crippen molar-refractivity contribution in [3.8, 4) is 5.75 Å². The molecule has 0 saturated heterocycles. The predicted octanol–water partition coefficient (Wildman–Crippen LogP) is 2.98. The number of aliphatic imine (C=N–C) groups is 1. The summed E-state index contributed by atoms with van der Waals surface area (Å²) >= 11 is 0. The second-order valence-corrected chi connectivity index (χ2v) is 5.99. The minimum absolute atomic E-state index is 0.169. The lowest BCUT2D eigenvalue weighted by molar-refractivity contribution is 0.195. The monoisotopic (exact) mass is 321 g/mol. The molecular formula is C18H31N3O2. The molecule has 0 fully saturated rings. The van der Waals surface area contributed by atoms with E-state index in [-0.39, 0.29) is 6.04 Å². The molecule has 0 aliphatic carbocycles. The Morgan fingerprint density at radius 3 is 2.43 bits per heavy atom. The van der Waals surface area contributed by atoms with Gasteiger partial charge >= 0.3 is 0 Å². The van der Waals surface area contributed by atoms with Crippen LogP contribution in [0.3, 0.4) is 0 Å². The van der Waals surface area contributed by atoms with Crippen molar-refractivity contribution in [2.75, 3.05) is 33.9 Å². The van der Waals surface area contributed by atoms with Crippen LogP contribution in [0.15, 0.2) is 29.3 Å². The maximum atomic E-state index is 5.71. The van der Waals surface area contributed by atoms with Gasteiger partial charge in [-0.2, -0.15) is 0 Å². The molecule has 0 aliphatic rings. The number of ether oxygens (including phenoxy) is 2. The summed E-state index contributed by atoms with van der Waals surface area (Å²) in [7, 11) is 3.49. The number of methoxy groups -OCH3 is 1. The van der Waals surface area contributed by atoms with Gasteiger partial charge in [0.15, 0.2) is 5.96 Å². The molecule has 0 aromatic heterocycles. The Bertz CT molecular complexity index is 458. The second-order valence-electron chi connectivity index (χ2n) is 5.99. The zero-order chi connectivity index (χ0) is 17.1. The number of nitrogens with one attached hydrogen (secondary N) is 2. The Labute approximate surface area is 140 Å². The van der Waals surface area contributed by atoms with Crippen LogP contribution >= 0.6 is 0 Å². The van der Waals surface area contributed by atoms with Gasteiger partial charge in [0.2, 0.25) is 0 Å². The van der Waals surface area contributed by atoms with E-state index < -0.39 is 0 Å². The Morgan fingerprint density at radius 1 is 1.17 bits per heavy atom. The van der Waals surface area contributed by atoms with E-state index in [4.69, 9.17) is 9.47 Å². The topological polar surface area (TPSA) is 54.9 Å². The fourth-order valence-corrected chi connectivity index (χ4v) is 2.02. The molecule has 1 rings (SSSR count). The number of benzene rings is 1. The first-order chi connectivity index (χ1) is 11.1. The van der Waals surface area contributed by atoms with Gasteiger partial charge in [-0.25, -0.2) is 0 Å². The molecule has 1 atom stereocenters. The molecule has 5 nitrogen and oxygen atoms in total. The van der Waals surface area contributed by atoms with E-state index in [1.165, 1.54) is 5.56 Å². The third-order valence-electron chi connectivity index (χ3n) is 3.36. The Balaban J connectivity index is 2.47. The molecule has 0 heterocycles. The first kappa shape index (κ1) is 19.3. The number of hydrogen-bond acceptors (Lipinski definition) is 3. The van der Waals surface area contributed by atoms with Crippen molar-refractivity contribution in [1.29, 1.82) is 0 Å². The second kappa shape index (κ2) is 10.9. The summed E-state index contributed by atoms with van der Waals surface area (Å²) in [6.45, 7) is 8.73. The van der Waals surface area contributed by atoms with Crippen LogP contribution in [0.2, 0.25) is 0 Å². The SMILES string of the molecule is CN=C(NCCCOC)NC(C)c1ccc(OCC(C)C)cc1. The van der Waals surface area contributed by atoms with Crippen LogP contribution in [0.25, 0.3) is 0 Å². The molecule has 23 heavy (non-hydrogen) atoms. The van der Waals surface area contributed by atoms with Crippen molar-refractivity contribution in [2.24, 2.45) is 10.9 Å². The summed E-state index contributed by atoms with van der Waals surface area (Å²) in [4.78, 5) is 4.25. The number of rotatable bonds is 9. The Kier molecular flexibility index (Phi) is 9.14. The molecule has 0 amide bonds. The fourth-order valence-electron chi connectivity index (χ4n) is 2.02. The highest BCUT2D eigenvalue weighted by Gasteiger charge is 2.08. The van der Waals surface area contributed by atoms with Crippen molar-refractivity contribution in [3.05, 3.63) is 29.8 Å².